The molecule has 0 aromatic carbocycles. The summed E-state index contributed by atoms with van der Waals surface area (Å²) in [6.07, 6.45) is -0.654. The van der Waals surface area contributed by atoms with Gasteiger partial charge in [0.15, 0.2) is 13.6 Å². The molecule has 0 radical (unpaired) electrons. The van der Waals surface area contributed by atoms with Crippen molar-refractivity contribution in [2.75, 3.05) is 46.6 Å². The van der Waals surface area contributed by atoms with E-state index in [1.165, 1.54) is 6.92 Å². The predicted octanol–water partition coefficient (Wildman–Crippen LogP) is 2.89. The summed E-state index contributed by atoms with van der Waals surface area (Å²) < 4.78 is 31.4. The monoisotopic (exact) mass is 415 g/mol. The average molecular weight is 415 g/mol. The van der Waals surface area contributed by atoms with E-state index in [0.29, 0.717) is 11.5 Å². The molecule has 0 atom stereocenters. The van der Waals surface area contributed by atoms with Crippen molar-refractivity contribution in [3.63, 3.8) is 0 Å². The largest absolute Gasteiger partial charge is 0.473 e. The minimum Gasteiger partial charge on any atom is -0.473 e. The Balaban J connectivity index is 4.38. The molecule has 0 unspecified atom stereocenters. The SMILES string of the molecule is C=C(C)OCOCC(C)(COCOC(=C)C)COC(=O)NCCOC(=O)C(=C)C. The van der Waals surface area contributed by atoms with E-state index in [1.54, 1.807) is 13.8 Å². The van der Waals surface area contributed by atoms with E-state index in [-0.39, 0.29) is 52.1 Å². The Kier molecular flexibility index (Phi) is 13.2. The number of hydrogen-bond donors (Lipinski definition) is 1. The Morgan fingerprint density at radius 3 is 1.79 bits per heavy atom. The van der Waals surface area contributed by atoms with Crippen molar-refractivity contribution in [1.82, 2.24) is 5.32 Å². The van der Waals surface area contributed by atoms with Gasteiger partial charge >= 0.3 is 12.1 Å². The van der Waals surface area contributed by atoms with Crippen molar-refractivity contribution in [1.29, 1.82) is 0 Å². The van der Waals surface area contributed by atoms with Gasteiger partial charge in [0, 0.05) is 11.0 Å². The van der Waals surface area contributed by atoms with Crippen LogP contribution in [0.5, 0.6) is 0 Å². The molecule has 9 heteroatoms. The molecule has 0 aromatic rings. The maximum absolute atomic E-state index is 11.9. The summed E-state index contributed by atoms with van der Waals surface area (Å²) in [4.78, 5) is 23.1. The molecular formula is C20H33NO8. The predicted molar refractivity (Wildman–Crippen MR) is 107 cm³/mol. The van der Waals surface area contributed by atoms with Crippen LogP contribution in [0.1, 0.15) is 27.7 Å². The fourth-order valence-electron chi connectivity index (χ4n) is 1.70. The normalized spacial score (nSPS) is 10.6. The second kappa shape index (κ2) is 14.5. The molecule has 0 saturated heterocycles. The third kappa shape index (κ3) is 15.1. The van der Waals surface area contributed by atoms with Gasteiger partial charge in [0.05, 0.1) is 31.3 Å². The Morgan fingerprint density at radius 1 is 0.828 bits per heavy atom. The number of amides is 1. The summed E-state index contributed by atoms with van der Waals surface area (Å²) in [7, 11) is 0. The van der Waals surface area contributed by atoms with Gasteiger partial charge in [-0.2, -0.15) is 0 Å². The first-order valence-corrected chi connectivity index (χ1v) is 9.01. The highest BCUT2D eigenvalue weighted by molar-refractivity contribution is 5.86. The summed E-state index contributed by atoms with van der Waals surface area (Å²) in [6.45, 7) is 18.1. The van der Waals surface area contributed by atoms with Crippen LogP contribution in [-0.4, -0.2) is 58.6 Å². The van der Waals surface area contributed by atoms with Gasteiger partial charge in [-0.05, 0) is 20.8 Å². The number of hydrogen-bond acceptors (Lipinski definition) is 8. The maximum atomic E-state index is 11.9. The Morgan fingerprint density at radius 2 is 1.34 bits per heavy atom. The van der Waals surface area contributed by atoms with Gasteiger partial charge < -0.3 is 33.7 Å². The van der Waals surface area contributed by atoms with E-state index in [9.17, 15) is 9.59 Å². The van der Waals surface area contributed by atoms with E-state index in [2.05, 4.69) is 25.1 Å². The van der Waals surface area contributed by atoms with Gasteiger partial charge in [0.1, 0.15) is 13.2 Å². The summed E-state index contributed by atoms with van der Waals surface area (Å²) in [5, 5.41) is 2.49. The average Bonchev–Trinajstić information content (AvgIpc) is 2.64. The number of rotatable bonds is 16. The van der Waals surface area contributed by atoms with Gasteiger partial charge in [-0.25, -0.2) is 9.59 Å². The Labute approximate surface area is 172 Å². The van der Waals surface area contributed by atoms with Crippen LogP contribution in [0.15, 0.2) is 36.8 Å². The molecule has 0 saturated carbocycles. The summed E-state index contributed by atoms with van der Waals surface area (Å²) in [5.74, 6) is 0.539. The zero-order valence-electron chi connectivity index (χ0n) is 17.8. The number of alkyl carbamates (subject to hydrolysis) is 1. The molecule has 1 amide bonds. The van der Waals surface area contributed by atoms with E-state index in [0.717, 1.165) is 0 Å². The molecule has 0 heterocycles. The van der Waals surface area contributed by atoms with Gasteiger partial charge in [-0.3, -0.25) is 0 Å². The van der Waals surface area contributed by atoms with E-state index < -0.39 is 17.5 Å². The summed E-state index contributed by atoms with van der Waals surface area (Å²) >= 11 is 0. The summed E-state index contributed by atoms with van der Waals surface area (Å²) in [6, 6.07) is 0. The molecule has 0 aliphatic heterocycles. The van der Waals surface area contributed by atoms with Crippen molar-refractivity contribution in [2.24, 2.45) is 5.41 Å². The lowest BCUT2D eigenvalue weighted by atomic mass is 9.94. The molecule has 166 valence electrons. The fourth-order valence-corrected chi connectivity index (χ4v) is 1.70. The number of nitrogens with one attached hydrogen (secondary N) is 1. The quantitative estimate of drug-likeness (QED) is 0.135. The molecule has 29 heavy (non-hydrogen) atoms. The summed E-state index contributed by atoms with van der Waals surface area (Å²) in [5.41, 5.74) is -0.365. The standard InChI is InChI=1S/C20H33NO8/c1-15(2)18(22)26-9-8-21-19(23)27-12-20(7,10-24-13-28-16(3)4)11-25-14-29-17(5)6/h1,3,5,8-14H2,2,4,6-7H3,(H,21,23). The maximum Gasteiger partial charge on any atom is 0.407 e. The Bertz CT molecular complexity index is 551. The smallest absolute Gasteiger partial charge is 0.407 e. The van der Waals surface area contributed by atoms with Crippen molar-refractivity contribution in [3.8, 4) is 0 Å². The van der Waals surface area contributed by atoms with Gasteiger partial charge in [0.25, 0.3) is 0 Å². The molecule has 9 nitrogen and oxygen atoms in total. The van der Waals surface area contributed by atoms with E-state index in [4.69, 9.17) is 28.4 Å². The highest BCUT2D eigenvalue weighted by Crippen LogP contribution is 2.19. The van der Waals surface area contributed by atoms with Crippen LogP contribution >= 0.6 is 0 Å². The lowest BCUT2D eigenvalue weighted by Crippen LogP contribution is -2.38. The minimum atomic E-state index is -0.654. The topological polar surface area (TPSA) is 102 Å². The molecule has 0 rings (SSSR count). The first-order chi connectivity index (χ1) is 13.6. The zero-order chi connectivity index (χ0) is 22.3. The number of allylic oxidation sites excluding steroid dienone is 2. The van der Waals surface area contributed by atoms with Crippen molar-refractivity contribution >= 4 is 12.1 Å². The van der Waals surface area contributed by atoms with E-state index >= 15 is 0 Å². The van der Waals surface area contributed by atoms with Crippen LogP contribution in [0, 0.1) is 5.41 Å². The molecule has 0 aliphatic rings. The lowest BCUT2D eigenvalue weighted by molar-refractivity contribution is -0.138. The Hall–Kier alpha value is -2.52. The molecule has 0 fully saturated rings. The number of esters is 1. The van der Waals surface area contributed by atoms with Crippen molar-refractivity contribution in [3.05, 3.63) is 36.8 Å². The molecule has 0 aliphatic carbocycles. The molecule has 0 bridgehead atoms. The van der Waals surface area contributed by atoms with Crippen molar-refractivity contribution < 1.29 is 38.0 Å². The van der Waals surface area contributed by atoms with Crippen LogP contribution in [-0.2, 0) is 33.2 Å². The van der Waals surface area contributed by atoms with Crippen LogP contribution in [0.3, 0.4) is 0 Å². The number of ether oxygens (including phenoxy) is 6. The molecule has 1 N–H and O–H groups in total. The van der Waals surface area contributed by atoms with Crippen molar-refractivity contribution in [2.45, 2.75) is 27.7 Å². The molecular weight excluding hydrogens is 382 g/mol. The van der Waals surface area contributed by atoms with Gasteiger partial charge in [-0.1, -0.05) is 26.7 Å². The molecule has 0 spiro atoms. The third-order valence-corrected chi connectivity index (χ3v) is 3.18. The van der Waals surface area contributed by atoms with Crippen LogP contribution < -0.4 is 5.32 Å². The van der Waals surface area contributed by atoms with E-state index in [1.807, 2.05) is 6.92 Å². The first kappa shape index (κ1) is 26.5. The minimum absolute atomic E-state index is 0.0147. The van der Waals surface area contributed by atoms with Gasteiger partial charge in [0.2, 0.25) is 0 Å². The highest BCUT2D eigenvalue weighted by Gasteiger charge is 2.28. The van der Waals surface area contributed by atoms with Crippen LogP contribution in [0.25, 0.3) is 0 Å². The second-order valence-corrected chi connectivity index (χ2v) is 6.86. The molecule has 0 aromatic heterocycles. The highest BCUT2D eigenvalue weighted by atomic mass is 16.7. The van der Waals surface area contributed by atoms with Crippen LogP contribution in [0.2, 0.25) is 0 Å². The zero-order valence-corrected chi connectivity index (χ0v) is 17.8. The third-order valence-electron chi connectivity index (χ3n) is 3.18. The number of carbonyl (C=O) groups is 2. The van der Waals surface area contributed by atoms with Gasteiger partial charge in [-0.15, -0.1) is 0 Å². The first-order valence-electron chi connectivity index (χ1n) is 9.01. The fraction of sp³-hybridized carbons (Fsp3) is 0.600. The lowest BCUT2D eigenvalue weighted by Gasteiger charge is -2.28. The van der Waals surface area contributed by atoms with Crippen LogP contribution in [0.4, 0.5) is 4.79 Å². The second-order valence-electron chi connectivity index (χ2n) is 6.86. The number of carbonyl (C=O) groups excluding carboxylic acids is 2.